The van der Waals surface area contributed by atoms with E-state index in [0.717, 1.165) is 17.1 Å². The van der Waals surface area contributed by atoms with Crippen molar-refractivity contribution in [2.75, 3.05) is 28.2 Å². The first kappa shape index (κ1) is 19.1. The predicted octanol–water partition coefficient (Wildman–Crippen LogP) is 3.25. The summed E-state index contributed by atoms with van der Waals surface area (Å²) in [6.07, 6.45) is 1.74. The molecule has 0 aliphatic carbocycles. The maximum absolute atomic E-state index is 10.7. The minimum absolute atomic E-state index is 0.764. The van der Waals surface area contributed by atoms with Crippen LogP contribution in [-0.4, -0.2) is 63.6 Å². The van der Waals surface area contributed by atoms with Crippen molar-refractivity contribution in [1.29, 1.82) is 0 Å². The van der Waals surface area contributed by atoms with Crippen LogP contribution in [0.25, 0.3) is 11.2 Å². The fourth-order valence-electron chi connectivity index (χ4n) is 1.68. The molecule has 0 atom stereocenters. The minimum atomic E-state index is -10.7. The second kappa shape index (κ2) is 5.29. The van der Waals surface area contributed by atoms with Gasteiger partial charge in [-0.15, -0.1) is 5.10 Å². The molecule has 2 rings (SSSR count). The van der Waals surface area contributed by atoms with Gasteiger partial charge in [-0.2, -0.15) is 0 Å². The van der Waals surface area contributed by atoms with Gasteiger partial charge in [0.05, 0.1) is 28.2 Å². The van der Waals surface area contributed by atoms with E-state index >= 15 is 0 Å². The van der Waals surface area contributed by atoms with Crippen molar-refractivity contribution in [2.45, 2.75) is 0 Å². The van der Waals surface area contributed by atoms with Gasteiger partial charge in [0.25, 0.3) is 0 Å². The molecule has 23 heavy (non-hydrogen) atoms. The van der Waals surface area contributed by atoms with Gasteiger partial charge in [-0.05, 0) is 12.1 Å². The summed E-state index contributed by atoms with van der Waals surface area (Å²) in [5.74, 6) is 0.918. The molecule has 0 saturated carbocycles. The zero-order valence-corrected chi connectivity index (χ0v) is 13.5. The SMILES string of the molecule is CN(C)C(n1nnc2cccnc21)=[N+](C)C.F[P-](F)(F)(F)(F)F. The number of rotatable bonds is 0. The van der Waals surface area contributed by atoms with E-state index in [1.54, 1.807) is 10.9 Å². The second-order valence-electron chi connectivity index (χ2n) is 4.89. The van der Waals surface area contributed by atoms with E-state index in [0.29, 0.717) is 0 Å². The number of aromatic nitrogens is 4. The van der Waals surface area contributed by atoms with Crippen molar-refractivity contribution >= 4 is 24.9 Å². The van der Waals surface area contributed by atoms with Gasteiger partial charge in [0.1, 0.15) is 5.52 Å². The molecule has 0 N–H and O–H groups in total. The number of fused-ring (bicyclic) bond motifs is 1. The molecule has 0 radical (unpaired) electrons. The molecule has 2 heterocycles. The molecule has 0 aliphatic rings. The second-order valence-corrected chi connectivity index (χ2v) is 6.81. The molecule has 0 aromatic carbocycles. The summed E-state index contributed by atoms with van der Waals surface area (Å²) >= 11 is 0. The Hall–Kier alpha value is -1.97. The van der Waals surface area contributed by atoms with E-state index in [1.807, 2.05) is 49.8 Å². The van der Waals surface area contributed by atoms with Crippen molar-refractivity contribution in [3.8, 4) is 0 Å². The van der Waals surface area contributed by atoms with E-state index in [1.165, 1.54) is 0 Å². The fraction of sp³-hybridized carbons (Fsp3) is 0.400. The van der Waals surface area contributed by atoms with E-state index in [9.17, 15) is 25.2 Å². The zero-order valence-electron chi connectivity index (χ0n) is 12.6. The van der Waals surface area contributed by atoms with Crippen molar-refractivity contribution in [3.05, 3.63) is 18.3 Å². The van der Waals surface area contributed by atoms with Crippen LogP contribution in [0.3, 0.4) is 0 Å². The fourth-order valence-corrected chi connectivity index (χ4v) is 1.68. The van der Waals surface area contributed by atoms with Crippen LogP contribution in [0, 0.1) is 0 Å². The van der Waals surface area contributed by atoms with Crippen LogP contribution in [0.5, 0.6) is 0 Å². The molecule has 13 heteroatoms. The Labute approximate surface area is 127 Å². The zero-order chi connectivity index (χ0) is 18.1. The number of nitrogens with zero attached hydrogens (tertiary/aromatic N) is 6. The van der Waals surface area contributed by atoms with Gasteiger partial charge in [0.2, 0.25) is 5.65 Å². The van der Waals surface area contributed by atoms with Gasteiger partial charge in [-0.3, -0.25) is 9.48 Å². The molecule has 0 aliphatic heterocycles. The first-order valence-electron chi connectivity index (χ1n) is 6.01. The van der Waals surface area contributed by atoms with Gasteiger partial charge < -0.3 is 0 Å². The van der Waals surface area contributed by atoms with Gasteiger partial charge in [-0.1, -0.05) is 4.68 Å². The Morgan fingerprint density at radius 1 is 1.13 bits per heavy atom. The Morgan fingerprint density at radius 2 is 1.65 bits per heavy atom. The van der Waals surface area contributed by atoms with Crippen LogP contribution in [0.15, 0.2) is 18.3 Å². The third-order valence-corrected chi connectivity index (χ3v) is 2.20. The van der Waals surface area contributed by atoms with Crippen LogP contribution in [-0.2, 0) is 0 Å². The predicted molar refractivity (Wildman–Crippen MR) is 75.1 cm³/mol. The Balaban J connectivity index is 0.000000322. The van der Waals surface area contributed by atoms with Crippen LogP contribution >= 0.6 is 7.81 Å². The number of hydrogen-bond donors (Lipinski definition) is 0. The monoisotopic (exact) mass is 364 g/mol. The molecular weight excluding hydrogens is 349 g/mol. The Kier molecular flexibility index (Phi) is 4.39. The third-order valence-electron chi connectivity index (χ3n) is 2.20. The standard InChI is InChI=1S/C10H15N6.F6P/c1-14(2)10(15(3)4)16-9-8(12-13-16)6-5-7-11-9;1-7(2,3,4,5)6/h5-7H,1-4H3;/q+1;-1. The summed E-state index contributed by atoms with van der Waals surface area (Å²) in [6.45, 7) is 0. The number of halogens is 6. The van der Waals surface area contributed by atoms with Gasteiger partial charge in [0, 0.05) is 11.4 Å². The molecular formula is C10H15F6N6P. The van der Waals surface area contributed by atoms with Crippen molar-refractivity contribution < 1.29 is 29.8 Å². The van der Waals surface area contributed by atoms with Crippen molar-refractivity contribution in [3.63, 3.8) is 0 Å². The maximum atomic E-state index is 9.87. The topological polar surface area (TPSA) is 49.9 Å². The summed E-state index contributed by atoms with van der Waals surface area (Å²) in [6, 6.07) is 3.75. The molecule has 0 bridgehead atoms. The molecule has 6 nitrogen and oxygen atoms in total. The molecule has 0 spiro atoms. The van der Waals surface area contributed by atoms with Crippen molar-refractivity contribution in [1.82, 2.24) is 24.9 Å². The Bertz CT molecular complexity index is 719. The van der Waals surface area contributed by atoms with Gasteiger partial charge in [-0.25, -0.2) is 4.98 Å². The van der Waals surface area contributed by atoms with Crippen molar-refractivity contribution in [2.24, 2.45) is 0 Å². The van der Waals surface area contributed by atoms with E-state index < -0.39 is 7.81 Å². The quantitative estimate of drug-likeness (QED) is 0.237. The molecule has 0 unspecified atom stereocenters. The number of pyridine rings is 1. The third kappa shape index (κ3) is 7.22. The first-order valence-corrected chi connectivity index (χ1v) is 8.04. The molecule has 2 aromatic heterocycles. The molecule has 132 valence electrons. The van der Waals surface area contributed by atoms with Crippen LogP contribution in [0.2, 0.25) is 0 Å². The average molecular weight is 364 g/mol. The molecule has 0 saturated heterocycles. The normalized spacial score (nSPS) is 14.3. The molecule has 0 fully saturated rings. The van der Waals surface area contributed by atoms with Gasteiger partial charge >= 0.3 is 38.9 Å². The van der Waals surface area contributed by atoms with E-state index in [-0.39, 0.29) is 0 Å². The van der Waals surface area contributed by atoms with Crippen LogP contribution < -0.4 is 0 Å². The molecule has 0 amide bonds. The Morgan fingerprint density at radius 3 is 2.09 bits per heavy atom. The summed E-state index contributed by atoms with van der Waals surface area (Å²) in [5.41, 5.74) is 1.56. The van der Waals surface area contributed by atoms with Crippen LogP contribution in [0.1, 0.15) is 0 Å². The van der Waals surface area contributed by atoms with Gasteiger partial charge in [0.15, 0.2) is 0 Å². The molecule has 2 aromatic rings. The summed E-state index contributed by atoms with van der Waals surface area (Å²) in [7, 11) is -2.80. The van der Waals surface area contributed by atoms with E-state index in [4.69, 9.17) is 0 Å². The van der Waals surface area contributed by atoms with Crippen LogP contribution in [0.4, 0.5) is 25.2 Å². The average Bonchev–Trinajstić information content (AvgIpc) is 2.68. The first-order chi connectivity index (χ1) is 10.1. The summed E-state index contributed by atoms with van der Waals surface area (Å²) < 4.78 is 62.9. The van der Waals surface area contributed by atoms with E-state index in [2.05, 4.69) is 15.3 Å². The summed E-state index contributed by atoms with van der Waals surface area (Å²) in [4.78, 5) is 6.27. The summed E-state index contributed by atoms with van der Waals surface area (Å²) in [5, 5.41) is 8.20. The number of hydrogen-bond acceptors (Lipinski definition) is 3.